The minimum absolute atomic E-state index is 0.0642. The van der Waals surface area contributed by atoms with Crippen molar-refractivity contribution >= 4 is 0 Å². The summed E-state index contributed by atoms with van der Waals surface area (Å²) in [5.74, 6) is 0. The summed E-state index contributed by atoms with van der Waals surface area (Å²) in [5, 5.41) is 82.3. The van der Waals surface area contributed by atoms with Gasteiger partial charge in [-0.15, -0.1) is 0 Å². The van der Waals surface area contributed by atoms with E-state index in [-0.39, 0.29) is 13.0 Å². The Bertz CT molecular complexity index is 866. The van der Waals surface area contributed by atoms with E-state index >= 15 is 0 Å². The van der Waals surface area contributed by atoms with Crippen LogP contribution in [0.1, 0.15) is 6.42 Å². The molecule has 4 aliphatic rings. The van der Waals surface area contributed by atoms with Crippen LogP contribution in [0.25, 0.3) is 0 Å². The molecule has 0 aromatic carbocycles. The first-order valence-electron chi connectivity index (χ1n) is 13.8. The molecule has 0 aromatic rings. The second-order valence-corrected chi connectivity index (χ2v) is 11.2. The molecule has 246 valence electrons. The maximum absolute atomic E-state index is 11.1. The van der Waals surface area contributed by atoms with Crippen molar-refractivity contribution in [3.05, 3.63) is 0 Å². The lowest BCUT2D eigenvalue weighted by Crippen LogP contribution is -2.68. The van der Waals surface area contributed by atoms with Gasteiger partial charge in [-0.25, -0.2) is 0 Å². The molecule has 4 fully saturated rings. The molecule has 19 heteroatoms. The molecule has 18 N–H and O–H groups in total. The van der Waals surface area contributed by atoms with Crippen molar-refractivity contribution in [1.82, 2.24) is 0 Å². The molecule has 0 spiro atoms. The van der Waals surface area contributed by atoms with Crippen LogP contribution in [0.15, 0.2) is 0 Å². The highest BCUT2D eigenvalue weighted by Gasteiger charge is 2.54. The van der Waals surface area contributed by atoms with Gasteiger partial charge in [0, 0.05) is 18.6 Å². The van der Waals surface area contributed by atoms with E-state index in [4.69, 9.17) is 57.1 Å². The van der Waals surface area contributed by atoms with Crippen molar-refractivity contribution in [2.24, 2.45) is 28.7 Å². The van der Waals surface area contributed by atoms with Gasteiger partial charge in [0.15, 0.2) is 18.9 Å². The first-order chi connectivity index (χ1) is 19.8. The van der Waals surface area contributed by atoms with E-state index in [1.807, 2.05) is 0 Å². The molecule has 3 aliphatic heterocycles. The molecular weight excluding hydrogens is 570 g/mol. The quantitative estimate of drug-likeness (QED) is 0.114. The topological polar surface area (TPSA) is 347 Å². The number of aliphatic hydroxyl groups excluding tert-OH is 8. The lowest BCUT2D eigenvalue weighted by Gasteiger charge is -2.47. The molecular formula is C23H45N5O14. The lowest BCUT2D eigenvalue weighted by atomic mass is 9.84. The van der Waals surface area contributed by atoms with Crippen LogP contribution in [-0.2, 0) is 28.4 Å². The maximum atomic E-state index is 11.1. The molecule has 19 nitrogen and oxygen atoms in total. The highest BCUT2D eigenvalue weighted by Crippen LogP contribution is 2.34. The van der Waals surface area contributed by atoms with Gasteiger partial charge in [0.2, 0.25) is 0 Å². The largest absolute Gasteiger partial charge is 0.394 e. The minimum Gasteiger partial charge on any atom is -0.394 e. The number of hydrogen-bond acceptors (Lipinski definition) is 19. The van der Waals surface area contributed by atoms with Crippen LogP contribution in [0.3, 0.4) is 0 Å². The summed E-state index contributed by atoms with van der Waals surface area (Å²) in [6, 6.07) is -4.30. The lowest BCUT2D eigenvalue weighted by molar-refractivity contribution is -0.310. The van der Waals surface area contributed by atoms with E-state index in [2.05, 4.69) is 0 Å². The average molecular weight is 616 g/mol. The second-order valence-electron chi connectivity index (χ2n) is 11.2. The summed E-state index contributed by atoms with van der Waals surface area (Å²) in [7, 11) is 0. The van der Waals surface area contributed by atoms with Crippen molar-refractivity contribution in [1.29, 1.82) is 0 Å². The summed E-state index contributed by atoms with van der Waals surface area (Å²) in [5.41, 5.74) is 29.9. The van der Waals surface area contributed by atoms with E-state index < -0.39 is 129 Å². The number of aliphatic hydroxyl groups is 8. The molecule has 0 amide bonds. The fourth-order valence-corrected chi connectivity index (χ4v) is 5.70. The Labute approximate surface area is 240 Å². The Morgan fingerprint density at radius 1 is 0.524 bits per heavy atom. The van der Waals surface area contributed by atoms with Gasteiger partial charge in [0.25, 0.3) is 0 Å². The first kappa shape index (κ1) is 34.1. The van der Waals surface area contributed by atoms with Crippen molar-refractivity contribution in [2.45, 2.75) is 123 Å². The molecule has 3 heterocycles. The molecule has 0 bridgehead atoms. The predicted octanol–water partition coefficient (Wildman–Crippen LogP) is -8.86. The zero-order chi connectivity index (χ0) is 31.0. The van der Waals surface area contributed by atoms with Crippen LogP contribution >= 0.6 is 0 Å². The third kappa shape index (κ3) is 6.60. The smallest absolute Gasteiger partial charge is 0.187 e. The van der Waals surface area contributed by atoms with Crippen LogP contribution in [0.4, 0.5) is 0 Å². The van der Waals surface area contributed by atoms with Crippen molar-refractivity contribution in [3.63, 3.8) is 0 Å². The molecule has 1 saturated carbocycles. The van der Waals surface area contributed by atoms with Crippen molar-refractivity contribution < 1.29 is 69.3 Å². The Kier molecular flexibility index (Phi) is 11.5. The van der Waals surface area contributed by atoms with Gasteiger partial charge in [-0.2, -0.15) is 0 Å². The normalized spacial score (nSPS) is 53.8. The van der Waals surface area contributed by atoms with Crippen LogP contribution in [0, 0.1) is 0 Å². The van der Waals surface area contributed by atoms with Crippen LogP contribution in [0.2, 0.25) is 0 Å². The fourth-order valence-electron chi connectivity index (χ4n) is 5.70. The van der Waals surface area contributed by atoms with Gasteiger partial charge in [0.05, 0.1) is 31.4 Å². The Morgan fingerprint density at radius 2 is 1.00 bits per heavy atom. The van der Waals surface area contributed by atoms with Gasteiger partial charge in [-0.1, -0.05) is 0 Å². The summed E-state index contributed by atoms with van der Waals surface area (Å²) in [6.45, 7) is -1.49. The van der Waals surface area contributed by atoms with E-state index in [9.17, 15) is 40.9 Å². The number of hydrogen-bond donors (Lipinski definition) is 13. The molecule has 0 aromatic heterocycles. The zero-order valence-electron chi connectivity index (χ0n) is 22.7. The van der Waals surface area contributed by atoms with E-state index in [0.717, 1.165) is 0 Å². The number of rotatable bonds is 9. The molecule has 42 heavy (non-hydrogen) atoms. The van der Waals surface area contributed by atoms with Gasteiger partial charge in [0.1, 0.15) is 67.1 Å². The zero-order valence-corrected chi connectivity index (χ0v) is 22.7. The van der Waals surface area contributed by atoms with Crippen molar-refractivity contribution in [2.75, 3.05) is 19.8 Å². The van der Waals surface area contributed by atoms with E-state index in [1.54, 1.807) is 0 Å². The number of ether oxygens (including phenoxy) is 6. The maximum Gasteiger partial charge on any atom is 0.187 e. The third-order valence-electron chi connectivity index (χ3n) is 8.32. The standard InChI is InChI=1S/C23H45N5O14/c24-2-7-13(32)15(34)10(27)21(37-7)41-19-9(4-30)39-23(17(19)36)42-20-12(31)5(25)1-6(26)18(20)40-22-11(28)16(35)14(33)8(3-29)38-22/h5-23,29-36H,1-4,24-28H2/t5?,6?,7-,8?,9?,10?,11?,12?,13?,14?,15?,16?,17?,18?,19?,20?,21+,22?,23?/m0/s1. The molecule has 4 rings (SSSR count). The predicted molar refractivity (Wildman–Crippen MR) is 136 cm³/mol. The van der Waals surface area contributed by atoms with Gasteiger partial charge in [-0.3, -0.25) is 0 Å². The molecule has 1 aliphatic carbocycles. The Balaban J connectivity index is 1.50. The molecule has 17 unspecified atom stereocenters. The van der Waals surface area contributed by atoms with Gasteiger partial charge in [-0.05, 0) is 6.42 Å². The third-order valence-corrected chi connectivity index (χ3v) is 8.32. The van der Waals surface area contributed by atoms with E-state index in [0.29, 0.717) is 0 Å². The summed E-state index contributed by atoms with van der Waals surface area (Å²) >= 11 is 0. The summed E-state index contributed by atoms with van der Waals surface area (Å²) in [6.07, 6.45) is -20.5. The fraction of sp³-hybridized carbons (Fsp3) is 1.00. The second kappa shape index (κ2) is 14.1. The van der Waals surface area contributed by atoms with Crippen LogP contribution < -0.4 is 28.7 Å². The minimum atomic E-state index is -1.62. The summed E-state index contributed by atoms with van der Waals surface area (Å²) in [4.78, 5) is 0. The summed E-state index contributed by atoms with van der Waals surface area (Å²) < 4.78 is 34.4. The monoisotopic (exact) mass is 615 g/mol. The average Bonchev–Trinajstić information content (AvgIpc) is 3.27. The van der Waals surface area contributed by atoms with Crippen LogP contribution in [-0.4, -0.2) is 177 Å². The Hall–Kier alpha value is -0.760. The van der Waals surface area contributed by atoms with Gasteiger partial charge < -0.3 is 97.9 Å². The molecule has 19 atom stereocenters. The van der Waals surface area contributed by atoms with Crippen LogP contribution in [0.5, 0.6) is 0 Å². The number of nitrogens with two attached hydrogens (primary N) is 5. The molecule has 0 radical (unpaired) electrons. The van der Waals surface area contributed by atoms with Crippen molar-refractivity contribution in [3.8, 4) is 0 Å². The Morgan fingerprint density at radius 3 is 1.55 bits per heavy atom. The highest BCUT2D eigenvalue weighted by molar-refractivity contribution is 5.02. The highest BCUT2D eigenvalue weighted by atomic mass is 16.8. The first-order valence-corrected chi connectivity index (χ1v) is 13.8. The van der Waals surface area contributed by atoms with Gasteiger partial charge >= 0.3 is 0 Å². The molecule has 3 saturated heterocycles. The van der Waals surface area contributed by atoms with E-state index in [1.165, 1.54) is 0 Å². The SMILES string of the molecule is NC[C@@H]1O[C@H](OC2C(CO)OC(OC3C(O)C(N)CC(N)C3OC3OC(CO)C(O)C(O)C3N)C2O)C(N)C(O)C1O.